The van der Waals surface area contributed by atoms with Gasteiger partial charge in [0.2, 0.25) is 17.7 Å². The quantitative estimate of drug-likeness (QED) is 0.579. The Labute approximate surface area is 198 Å². The van der Waals surface area contributed by atoms with Gasteiger partial charge < -0.3 is 4.90 Å². The number of hydrogen-bond donors (Lipinski definition) is 0. The number of amides is 3. The summed E-state index contributed by atoms with van der Waals surface area (Å²) >= 11 is 1.45. The van der Waals surface area contributed by atoms with E-state index in [-0.39, 0.29) is 36.4 Å². The maximum atomic E-state index is 13.7. The molecule has 1 aliphatic carbocycles. The Morgan fingerprint density at radius 1 is 1.18 bits per heavy atom. The third kappa shape index (κ3) is 4.01. The van der Waals surface area contributed by atoms with Gasteiger partial charge >= 0.3 is 6.18 Å². The predicted molar refractivity (Wildman–Crippen MR) is 118 cm³/mol. The summed E-state index contributed by atoms with van der Waals surface area (Å²) in [5.74, 6) is -1.32. The molecule has 3 aliphatic rings. The molecule has 2 aliphatic heterocycles. The van der Waals surface area contributed by atoms with Gasteiger partial charge in [-0.05, 0) is 43.7 Å². The average molecular weight is 492 g/mol. The molecule has 0 radical (unpaired) electrons. The lowest BCUT2D eigenvalue weighted by atomic mass is 9.75. The highest BCUT2D eigenvalue weighted by Crippen LogP contribution is 2.46. The summed E-state index contributed by atoms with van der Waals surface area (Å²) in [7, 11) is 0. The zero-order chi connectivity index (χ0) is 24.1. The minimum absolute atomic E-state index is 0.0694. The van der Waals surface area contributed by atoms with E-state index >= 15 is 0 Å². The fourth-order valence-electron chi connectivity index (χ4n) is 5.17. The van der Waals surface area contributed by atoms with Crippen molar-refractivity contribution in [2.24, 2.45) is 0 Å². The van der Waals surface area contributed by atoms with Crippen molar-refractivity contribution in [3.05, 3.63) is 52.0 Å². The van der Waals surface area contributed by atoms with Gasteiger partial charge in [0, 0.05) is 37.0 Å². The van der Waals surface area contributed by atoms with Crippen LogP contribution in [0.5, 0.6) is 0 Å². The number of likely N-dealkylation sites (tertiary alicyclic amines) is 2. The Morgan fingerprint density at radius 2 is 1.97 bits per heavy atom. The summed E-state index contributed by atoms with van der Waals surface area (Å²) in [6, 6.07) is 4.07. The number of nitrogens with zero attached hydrogens (tertiary/aromatic N) is 3. The van der Waals surface area contributed by atoms with Crippen LogP contribution in [0.4, 0.5) is 13.2 Å². The highest BCUT2D eigenvalue weighted by molar-refractivity contribution is 7.09. The number of alkyl halides is 3. The lowest BCUT2D eigenvalue weighted by Crippen LogP contribution is -2.46. The van der Waals surface area contributed by atoms with E-state index in [1.54, 1.807) is 11.1 Å². The second-order valence-corrected chi connectivity index (χ2v) is 10.2. The molecular formula is C24H24F3N3O3S. The van der Waals surface area contributed by atoms with Crippen LogP contribution in [0.1, 0.15) is 67.1 Å². The molecule has 3 amide bonds. The van der Waals surface area contributed by atoms with E-state index in [1.165, 1.54) is 28.4 Å². The molecular weight excluding hydrogens is 467 g/mol. The van der Waals surface area contributed by atoms with Crippen LogP contribution in [0.15, 0.2) is 35.8 Å². The molecule has 0 bridgehead atoms. The van der Waals surface area contributed by atoms with Crippen molar-refractivity contribution in [3.63, 3.8) is 0 Å². The zero-order valence-electron chi connectivity index (χ0n) is 18.4. The standard InChI is InChI=1S/C24H24F3N3O3S/c25-24(26,27)16-5-3-4-15(12-16)23(14-20(32)30(22(23)33)17-7-8-17)13-19(31)29-10-2-1-6-18(29)21-28-9-11-34-21/h3-5,9,11-12,17-18H,1-2,6-8,10,13-14H2/t18-,23-/m1/s1. The molecule has 2 atom stereocenters. The van der Waals surface area contributed by atoms with Crippen LogP contribution < -0.4 is 0 Å². The third-order valence-corrected chi connectivity index (χ3v) is 7.89. The fraction of sp³-hybridized carbons (Fsp3) is 0.500. The molecule has 5 rings (SSSR count). The number of imide groups is 1. The minimum Gasteiger partial charge on any atom is -0.333 e. The number of thiazole rings is 1. The third-order valence-electron chi connectivity index (χ3n) is 7.02. The molecule has 180 valence electrons. The number of carbonyl (C=O) groups is 3. The van der Waals surface area contributed by atoms with E-state index in [0.717, 1.165) is 36.4 Å². The number of rotatable bonds is 5. The van der Waals surface area contributed by atoms with Crippen molar-refractivity contribution in [2.45, 2.75) is 68.6 Å². The van der Waals surface area contributed by atoms with Crippen LogP contribution in [0.2, 0.25) is 0 Å². The van der Waals surface area contributed by atoms with Crippen LogP contribution in [-0.2, 0) is 26.0 Å². The Morgan fingerprint density at radius 3 is 2.65 bits per heavy atom. The largest absolute Gasteiger partial charge is 0.416 e. The minimum atomic E-state index is -4.61. The van der Waals surface area contributed by atoms with Crippen LogP contribution in [0.25, 0.3) is 0 Å². The summed E-state index contributed by atoms with van der Waals surface area (Å²) in [6.45, 7) is 0.482. The number of halogens is 3. The second-order valence-electron chi connectivity index (χ2n) is 9.28. The van der Waals surface area contributed by atoms with Gasteiger partial charge in [0.05, 0.1) is 17.0 Å². The number of piperidine rings is 1. The highest BCUT2D eigenvalue weighted by atomic mass is 32.1. The lowest BCUT2D eigenvalue weighted by Gasteiger charge is -2.37. The molecule has 6 nitrogen and oxygen atoms in total. The van der Waals surface area contributed by atoms with Gasteiger partial charge in [0.25, 0.3) is 0 Å². The average Bonchev–Trinajstić information content (AvgIpc) is 3.41. The Balaban J connectivity index is 1.53. The Kier molecular flexibility index (Phi) is 5.74. The molecule has 1 aromatic carbocycles. The van der Waals surface area contributed by atoms with Crippen LogP contribution in [0, 0.1) is 0 Å². The van der Waals surface area contributed by atoms with Gasteiger partial charge in [-0.2, -0.15) is 13.2 Å². The number of carbonyl (C=O) groups excluding carboxylic acids is 3. The molecule has 2 saturated heterocycles. The Hall–Kier alpha value is -2.75. The molecule has 10 heteroatoms. The summed E-state index contributed by atoms with van der Waals surface area (Å²) in [5.41, 5.74) is -2.47. The first-order chi connectivity index (χ1) is 16.2. The predicted octanol–water partition coefficient (Wildman–Crippen LogP) is 4.46. The summed E-state index contributed by atoms with van der Waals surface area (Å²) in [6.07, 6.45) is 0.252. The van der Waals surface area contributed by atoms with Crippen molar-refractivity contribution < 1.29 is 27.6 Å². The lowest BCUT2D eigenvalue weighted by molar-refractivity contribution is -0.144. The van der Waals surface area contributed by atoms with Gasteiger partial charge in [-0.25, -0.2) is 4.98 Å². The van der Waals surface area contributed by atoms with E-state index in [4.69, 9.17) is 0 Å². The van der Waals surface area contributed by atoms with Crippen molar-refractivity contribution in [2.75, 3.05) is 6.54 Å². The number of hydrogen-bond acceptors (Lipinski definition) is 5. The molecule has 0 unspecified atom stereocenters. The van der Waals surface area contributed by atoms with Crippen LogP contribution >= 0.6 is 11.3 Å². The van der Waals surface area contributed by atoms with Crippen molar-refractivity contribution in [1.82, 2.24) is 14.8 Å². The summed E-state index contributed by atoms with van der Waals surface area (Å²) in [5, 5.41) is 2.64. The number of aromatic nitrogens is 1. The van der Waals surface area contributed by atoms with E-state index in [9.17, 15) is 27.6 Å². The van der Waals surface area contributed by atoms with Crippen molar-refractivity contribution >= 4 is 29.1 Å². The first-order valence-electron chi connectivity index (χ1n) is 11.4. The van der Waals surface area contributed by atoms with E-state index in [2.05, 4.69) is 4.98 Å². The van der Waals surface area contributed by atoms with E-state index in [1.807, 2.05) is 5.38 Å². The van der Waals surface area contributed by atoms with Gasteiger partial charge in [-0.1, -0.05) is 18.2 Å². The summed E-state index contributed by atoms with van der Waals surface area (Å²) in [4.78, 5) is 47.4. The molecule has 3 fully saturated rings. The smallest absolute Gasteiger partial charge is 0.333 e. The molecule has 1 saturated carbocycles. The monoisotopic (exact) mass is 491 g/mol. The SMILES string of the molecule is O=C1C[C@](CC(=O)N2CCCC[C@@H]2c2nccs2)(c2cccc(C(F)(F)F)c2)C(=O)N1C1CC1. The van der Waals surface area contributed by atoms with Gasteiger partial charge in [-0.3, -0.25) is 19.3 Å². The molecule has 34 heavy (non-hydrogen) atoms. The molecule has 0 spiro atoms. The summed E-state index contributed by atoms with van der Waals surface area (Å²) < 4.78 is 40.5. The van der Waals surface area contributed by atoms with Crippen LogP contribution in [-0.4, -0.2) is 45.1 Å². The topological polar surface area (TPSA) is 70.6 Å². The van der Waals surface area contributed by atoms with E-state index in [0.29, 0.717) is 19.4 Å². The molecule has 0 N–H and O–H groups in total. The maximum Gasteiger partial charge on any atom is 0.416 e. The molecule has 3 heterocycles. The van der Waals surface area contributed by atoms with Gasteiger partial charge in [0.15, 0.2) is 0 Å². The molecule has 2 aromatic rings. The van der Waals surface area contributed by atoms with Crippen molar-refractivity contribution in [3.8, 4) is 0 Å². The van der Waals surface area contributed by atoms with Crippen LogP contribution in [0.3, 0.4) is 0 Å². The normalized spacial score (nSPS) is 25.8. The first-order valence-corrected chi connectivity index (χ1v) is 12.3. The van der Waals surface area contributed by atoms with Gasteiger partial charge in [-0.15, -0.1) is 11.3 Å². The number of benzene rings is 1. The Bertz CT molecular complexity index is 1120. The fourth-order valence-corrected chi connectivity index (χ4v) is 5.95. The second kappa shape index (κ2) is 8.48. The molecule has 1 aromatic heterocycles. The van der Waals surface area contributed by atoms with Gasteiger partial charge in [0.1, 0.15) is 5.01 Å². The first kappa shape index (κ1) is 23.0. The maximum absolute atomic E-state index is 13.7. The highest BCUT2D eigenvalue weighted by Gasteiger charge is 2.57. The van der Waals surface area contributed by atoms with E-state index < -0.39 is 29.0 Å². The zero-order valence-corrected chi connectivity index (χ0v) is 19.2. The van der Waals surface area contributed by atoms with Crippen molar-refractivity contribution in [1.29, 1.82) is 0 Å².